The lowest BCUT2D eigenvalue weighted by Gasteiger charge is -2.37. The molecule has 1 aliphatic heterocycles. The molecule has 0 saturated heterocycles. The van der Waals surface area contributed by atoms with Gasteiger partial charge in [0.05, 0.1) is 18.2 Å². The molecule has 1 unspecified atom stereocenters. The predicted molar refractivity (Wildman–Crippen MR) is 109 cm³/mol. The van der Waals surface area contributed by atoms with Gasteiger partial charge >= 0.3 is 5.97 Å². The monoisotopic (exact) mass is 403 g/mol. The maximum absolute atomic E-state index is 13.3. The van der Waals surface area contributed by atoms with Gasteiger partial charge in [-0.1, -0.05) is 72.4 Å². The van der Waals surface area contributed by atoms with Gasteiger partial charge in [-0.05, 0) is 24.3 Å². The Bertz CT molecular complexity index is 1050. The summed E-state index contributed by atoms with van der Waals surface area (Å²) in [4.78, 5) is 40.0. The molecule has 1 aliphatic rings. The number of nitrogens with zero attached hydrogens (tertiary/aromatic N) is 1. The van der Waals surface area contributed by atoms with Gasteiger partial charge in [0.25, 0.3) is 11.8 Å². The van der Waals surface area contributed by atoms with Crippen LogP contribution in [-0.2, 0) is 14.4 Å². The highest BCUT2D eigenvalue weighted by Gasteiger charge is 2.56. The summed E-state index contributed by atoms with van der Waals surface area (Å²) in [6.07, 6.45) is 0. The molecule has 0 fully saturated rings. The third kappa shape index (κ3) is 3.02. The molecule has 6 heteroatoms. The summed E-state index contributed by atoms with van der Waals surface area (Å²) in [5, 5.41) is 0. The fourth-order valence-electron chi connectivity index (χ4n) is 3.42. The van der Waals surface area contributed by atoms with E-state index in [1.165, 1.54) is 7.11 Å². The number of esters is 1. The fourth-order valence-corrected chi connectivity index (χ4v) is 4.73. The van der Waals surface area contributed by atoms with E-state index in [9.17, 15) is 14.4 Å². The van der Waals surface area contributed by atoms with Gasteiger partial charge in [-0.3, -0.25) is 9.59 Å². The number of benzene rings is 3. The Hall–Kier alpha value is -3.38. The summed E-state index contributed by atoms with van der Waals surface area (Å²) in [6, 6.07) is 24.5. The van der Waals surface area contributed by atoms with Gasteiger partial charge in [-0.2, -0.15) is 0 Å². The zero-order valence-corrected chi connectivity index (χ0v) is 16.4. The van der Waals surface area contributed by atoms with Gasteiger partial charge in [0.15, 0.2) is 0 Å². The number of carbonyl (C=O) groups excluding carboxylic acids is 3. The number of amides is 2. The summed E-state index contributed by atoms with van der Waals surface area (Å²) >= 11 is 1.11. The van der Waals surface area contributed by atoms with Crippen molar-refractivity contribution in [1.82, 2.24) is 4.90 Å². The minimum Gasteiger partial charge on any atom is -0.466 e. The van der Waals surface area contributed by atoms with Crippen LogP contribution < -0.4 is 0 Å². The highest BCUT2D eigenvalue weighted by molar-refractivity contribution is 8.01. The smallest absolute Gasteiger partial charge is 0.348 e. The minimum absolute atomic E-state index is 0.273. The molecule has 0 N–H and O–H groups in total. The largest absolute Gasteiger partial charge is 0.466 e. The second kappa shape index (κ2) is 7.56. The Morgan fingerprint density at radius 3 is 1.79 bits per heavy atom. The van der Waals surface area contributed by atoms with E-state index in [0.29, 0.717) is 5.56 Å². The van der Waals surface area contributed by atoms with Crippen LogP contribution in [0.25, 0.3) is 0 Å². The van der Waals surface area contributed by atoms with Crippen LogP contribution in [0.5, 0.6) is 0 Å². The summed E-state index contributed by atoms with van der Waals surface area (Å²) in [6.45, 7) is 0. The summed E-state index contributed by atoms with van der Waals surface area (Å²) in [5.74, 6) is -1.75. The second-order valence-corrected chi connectivity index (χ2v) is 7.67. The van der Waals surface area contributed by atoms with Crippen LogP contribution in [0.2, 0.25) is 0 Å². The number of hydrogen-bond acceptors (Lipinski definition) is 5. The number of thioether (sulfide) groups is 1. The summed E-state index contributed by atoms with van der Waals surface area (Å²) in [7, 11) is 1.25. The van der Waals surface area contributed by atoms with Crippen molar-refractivity contribution in [2.75, 3.05) is 7.11 Å². The molecule has 4 rings (SSSR count). The number of fused-ring (bicyclic) bond motifs is 1. The zero-order chi connectivity index (χ0) is 20.4. The molecular weight excluding hydrogens is 386 g/mol. The fraction of sp³-hybridized carbons (Fsp3) is 0.0870. The maximum Gasteiger partial charge on any atom is 0.348 e. The van der Waals surface area contributed by atoms with E-state index in [-0.39, 0.29) is 11.1 Å². The molecule has 0 spiro atoms. The van der Waals surface area contributed by atoms with Crippen LogP contribution in [0.15, 0.2) is 89.8 Å². The first-order valence-electron chi connectivity index (χ1n) is 8.95. The molecule has 29 heavy (non-hydrogen) atoms. The lowest BCUT2D eigenvalue weighted by atomic mass is 10.0. The van der Waals surface area contributed by atoms with Crippen molar-refractivity contribution in [2.24, 2.45) is 0 Å². The molecule has 0 saturated carbocycles. The van der Waals surface area contributed by atoms with Crippen molar-refractivity contribution in [3.8, 4) is 0 Å². The highest BCUT2D eigenvalue weighted by Crippen LogP contribution is 2.48. The van der Waals surface area contributed by atoms with E-state index >= 15 is 0 Å². The quantitative estimate of drug-likeness (QED) is 0.365. The van der Waals surface area contributed by atoms with E-state index in [0.717, 1.165) is 21.6 Å². The summed E-state index contributed by atoms with van der Waals surface area (Å²) < 4.78 is 5.14. The molecule has 0 radical (unpaired) electrons. The van der Waals surface area contributed by atoms with Gasteiger partial charge in [0.1, 0.15) is 0 Å². The third-order valence-corrected chi connectivity index (χ3v) is 6.13. The molecular formula is C23H17NO4S. The van der Waals surface area contributed by atoms with Crippen molar-refractivity contribution in [2.45, 2.75) is 9.77 Å². The topological polar surface area (TPSA) is 63.7 Å². The number of carbonyl (C=O) groups is 3. The van der Waals surface area contributed by atoms with Gasteiger partial charge < -0.3 is 4.74 Å². The Morgan fingerprint density at radius 2 is 1.28 bits per heavy atom. The van der Waals surface area contributed by atoms with Crippen LogP contribution in [0.1, 0.15) is 26.3 Å². The second-order valence-electron chi connectivity index (χ2n) is 6.41. The van der Waals surface area contributed by atoms with Gasteiger partial charge in [0.2, 0.25) is 4.87 Å². The molecule has 5 nitrogen and oxygen atoms in total. The van der Waals surface area contributed by atoms with Crippen LogP contribution in [0, 0.1) is 0 Å². The van der Waals surface area contributed by atoms with Crippen molar-refractivity contribution >= 4 is 29.5 Å². The number of methoxy groups -OCH3 is 1. The van der Waals surface area contributed by atoms with E-state index < -0.39 is 22.7 Å². The molecule has 3 aromatic carbocycles. The first-order chi connectivity index (χ1) is 14.1. The van der Waals surface area contributed by atoms with Crippen LogP contribution >= 0.6 is 11.8 Å². The molecule has 0 aliphatic carbocycles. The van der Waals surface area contributed by atoms with Crippen molar-refractivity contribution in [3.05, 3.63) is 102 Å². The van der Waals surface area contributed by atoms with Crippen LogP contribution in [0.3, 0.4) is 0 Å². The highest BCUT2D eigenvalue weighted by atomic mass is 32.2. The van der Waals surface area contributed by atoms with E-state index in [2.05, 4.69) is 0 Å². The average Bonchev–Trinajstić information content (AvgIpc) is 3.04. The molecule has 3 aromatic rings. The maximum atomic E-state index is 13.3. The molecule has 1 heterocycles. The van der Waals surface area contributed by atoms with Crippen molar-refractivity contribution in [1.29, 1.82) is 0 Å². The zero-order valence-electron chi connectivity index (χ0n) is 15.6. The molecule has 0 aromatic heterocycles. The van der Waals surface area contributed by atoms with Gasteiger partial charge in [-0.15, -0.1) is 0 Å². The van der Waals surface area contributed by atoms with E-state index in [1.54, 1.807) is 54.6 Å². The Labute approximate surface area is 172 Å². The molecule has 144 valence electrons. The van der Waals surface area contributed by atoms with Gasteiger partial charge in [0, 0.05) is 10.5 Å². The normalized spacial score (nSPS) is 15.0. The third-order valence-electron chi connectivity index (χ3n) is 4.74. The summed E-state index contributed by atoms with van der Waals surface area (Å²) in [5.41, 5.74) is 1.03. The average molecular weight is 403 g/mol. The first-order valence-corrected chi connectivity index (χ1v) is 9.77. The lowest BCUT2D eigenvalue weighted by molar-refractivity contribution is -0.147. The lowest BCUT2D eigenvalue weighted by Crippen LogP contribution is -2.53. The van der Waals surface area contributed by atoms with Crippen molar-refractivity contribution in [3.63, 3.8) is 0 Å². The molecule has 0 bridgehead atoms. The standard InChI is InChI=1S/C23H17NO4S/c1-28-22(27)23(16-10-4-2-5-11-16,29-17-12-6-3-7-13-17)24-20(25)18-14-8-9-15-19(18)21(24)26/h2-15H,1H3. The Kier molecular flexibility index (Phi) is 4.94. The van der Waals surface area contributed by atoms with Crippen LogP contribution in [-0.4, -0.2) is 29.8 Å². The number of rotatable bonds is 5. The number of ether oxygens (including phenoxy) is 1. The minimum atomic E-state index is -1.70. The Morgan fingerprint density at radius 1 is 0.793 bits per heavy atom. The number of imide groups is 1. The predicted octanol–water partition coefficient (Wildman–Crippen LogP) is 4.10. The van der Waals surface area contributed by atoms with E-state index in [1.807, 2.05) is 30.3 Å². The molecule has 1 atom stereocenters. The number of hydrogen-bond donors (Lipinski definition) is 0. The Balaban J connectivity index is 1.96. The van der Waals surface area contributed by atoms with Gasteiger partial charge in [-0.25, -0.2) is 9.69 Å². The first kappa shape index (κ1) is 19.0. The van der Waals surface area contributed by atoms with Crippen molar-refractivity contribution < 1.29 is 19.1 Å². The molecule has 2 amide bonds. The van der Waals surface area contributed by atoms with Crippen LogP contribution in [0.4, 0.5) is 0 Å². The van der Waals surface area contributed by atoms with E-state index in [4.69, 9.17) is 4.74 Å². The SMILES string of the molecule is COC(=O)C(Sc1ccccc1)(c1ccccc1)N1C(=O)c2ccccc2C1=O.